The van der Waals surface area contributed by atoms with Crippen LogP contribution in [0.1, 0.15) is 39.0 Å². The Bertz CT molecular complexity index is 117. The van der Waals surface area contributed by atoms with Crippen LogP contribution in [0.4, 0.5) is 0 Å². The van der Waals surface area contributed by atoms with Crippen LogP contribution in [0, 0.1) is 0 Å². The van der Waals surface area contributed by atoms with Crippen LogP contribution < -0.4 is 0 Å². The van der Waals surface area contributed by atoms with E-state index in [1.807, 2.05) is 0 Å². The van der Waals surface area contributed by atoms with E-state index in [4.69, 9.17) is 0 Å². The van der Waals surface area contributed by atoms with Crippen molar-refractivity contribution in [1.82, 2.24) is 0 Å². The highest BCUT2D eigenvalue weighted by atomic mass is 127. The molecule has 11 heavy (non-hydrogen) atoms. The molecular formula is C9H19IS. The molecule has 1 fully saturated rings. The average Bonchev–Trinajstić information content (AvgIpc) is 2.06. The van der Waals surface area contributed by atoms with Crippen molar-refractivity contribution in [2.45, 2.75) is 44.3 Å². The molecule has 0 heterocycles. The van der Waals surface area contributed by atoms with Gasteiger partial charge < -0.3 is 0 Å². The van der Waals surface area contributed by atoms with Crippen molar-refractivity contribution in [3.63, 3.8) is 0 Å². The fourth-order valence-electron chi connectivity index (χ4n) is 1.79. The summed E-state index contributed by atoms with van der Waals surface area (Å²) in [7, 11) is -0.251. The molecular weight excluding hydrogens is 267 g/mol. The van der Waals surface area contributed by atoms with Crippen LogP contribution in [0.15, 0.2) is 0 Å². The minimum absolute atomic E-state index is 0.251. The Hall–Kier alpha value is 1.08. The van der Waals surface area contributed by atoms with Gasteiger partial charge in [0.05, 0.1) is 0 Å². The van der Waals surface area contributed by atoms with Crippen molar-refractivity contribution in [2.75, 3.05) is 12.0 Å². The lowest BCUT2D eigenvalue weighted by molar-refractivity contribution is 0.514. The molecule has 1 atom stereocenters. The SMILES string of the molecule is CCS(C)(I)C1CCCCC1. The first-order chi connectivity index (χ1) is 5.17. The van der Waals surface area contributed by atoms with Crippen molar-refractivity contribution in [1.29, 1.82) is 0 Å². The Kier molecular flexibility index (Phi) is 4.02. The van der Waals surface area contributed by atoms with Gasteiger partial charge in [-0.2, -0.15) is 7.20 Å². The zero-order chi connectivity index (χ0) is 8.32. The number of hydrogen-bond acceptors (Lipinski definition) is 0. The second-order valence-corrected chi connectivity index (χ2v) is 13.0. The molecule has 0 bridgehead atoms. The van der Waals surface area contributed by atoms with E-state index < -0.39 is 0 Å². The summed E-state index contributed by atoms with van der Waals surface area (Å²) in [5.41, 5.74) is 0. The minimum atomic E-state index is -0.251. The van der Waals surface area contributed by atoms with Gasteiger partial charge in [0.25, 0.3) is 0 Å². The van der Waals surface area contributed by atoms with Gasteiger partial charge in [-0.05, 0) is 51.3 Å². The molecule has 1 saturated carbocycles. The fraction of sp³-hybridized carbons (Fsp3) is 1.00. The summed E-state index contributed by atoms with van der Waals surface area (Å²) in [6.45, 7) is 2.36. The molecule has 68 valence electrons. The van der Waals surface area contributed by atoms with Crippen LogP contribution in [0.2, 0.25) is 0 Å². The second-order valence-electron chi connectivity index (χ2n) is 3.59. The van der Waals surface area contributed by atoms with Gasteiger partial charge in [0.15, 0.2) is 0 Å². The molecule has 0 aliphatic heterocycles. The Morgan fingerprint density at radius 1 is 1.27 bits per heavy atom. The minimum Gasteiger partial charge on any atom is -0.188 e. The zero-order valence-corrected chi connectivity index (χ0v) is 10.6. The quantitative estimate of drug-likeness (QED) is 0.670. The molecule has 0 spiro atoms. The maximum Gasteiger partial charge on any atom is -0.00315 e. The normalized spacial score (nSPS) is 29.4. The maximum absolute atomic E-state index is 2.74. The first-order valence-corrected chi connectivity index (χ1v) is 9.43. The van der Waals surface area contributed by atoms with E-state index >= 15 is 0 Å². The van der Waals surface area contributed by atoms with Gasteiger partial charge >= 0.3 is 0 Å². The number of hydrogen-bond donors (Lipinski definition) is 0. The molecule has 0 nitrogen and oxygen atoms in total. The third-order valence-corrected chi connectivity index (χ3v) is 9.83. The highest BCUT2D eigenvalue weighted by Gasteiger charge is 2.25. The summed E-state index contributed by atoms with van der Waals surface area (Å²) in [6.07, 6.45) is 10.0. The van der Waals surface area contributed by atoms with Crippen LogP contribution in [0.3, 0.4) is 0 Å². The van der Waals surface area contributed by atoms with Gasteiger partial charge in [0, 0.05) is 0 Å². The van der Waals surface area contributed by atoms with Gasteiger partial charge in [-0.15, -0.1) is 0 Å². The lowest BCUT2D eigenvalue weighted by Crippen LogP contribution is -2.17. The van der Waals surface area contributed by atoms with Crippen LogP contribution >= 0.6 is 28.4 Å². The van der Waals surface area contributed by atoms with Crippen molar-refractivity contribution in [2.24, 2.45) is 0 Å². The summed E-state index contributed by atoms with van der Waals surface area (Å²) >= 11 is 2.74. The molecule has 0 saturated heterocycles. The van der Waals surface area contributed by atoms with Gasteiger partial charge in [0.1, 0.15) is 0 Å². The molecule has 0 amide bonds. The predicted octanol–water partition coefficient (Wildman–Crippen LogP) is 4.12. The Morgan fingerprint density at radius 3 is 2.27 bits per heavy atom. The van der Waals surface area contributed by atoms with E-state index in [1.165, 1.54) is 37.9 Å². The van der Waals surface area contributed by atoms with Crippen LogP contribution in [-0.2, 0) is 0 Å². The van der Waals surface area contributed by atoms with Gasteiger partial charge in [-0.3, -0.25) is 0 Å². The van der Waals surface area contributed by atoms with E-state index in [-0.39, 0.29) is 7.20 Å². The van der Waals surface area contributed by atoms with Gasteiger partial charge in [-0.1, -0.05) is 26.2 Å². The van der Waals surface area contributed by atoms with Crippen molar-refractivity contribution < 1.29 is 0 Å². The molecule has 0 aromatic rings. The largest absolute Gasteiger partial charge is 0.188 e. The summed E-state index contributed by atoms with van der Waals surface area (Å²) in [4.78, 5) is 0. The molecule has 2 heteroatoms. The highest BCUT2D eigenvalue weighted by Crippen LogP contribution is 2.60. The molecule has 1 aliphatic carbocycles. The van der Waals surface area contributed by atoms with E-state index in [1.54, 1.807) is 0 Å². The highest BCUT2D eigenvalue weighted by molar-refractivity contribution is 14.2. The summed E-state index contributed by atoms with van der Waals surface area (Å²) in [6, 6.07) is 0. The van der Waals surface area contributed by atoms with Crippen LogP contribution in [0.5, 0.6) is 0 Å². The second kappa shape index (κ2) is 4.35. The van der Waals surface area contributed by atoms with Crippen molar-refractivity contribution >= 4 is 28.4 Å². The van der Waals surface area contributed by atoms with E-state index in [2.05, 4.69) is 34.4 Å². The monoisotopic (exact) mass is 286 g/mol. The number of halogens is 1. The lowest BCUT2D eigenvalue weighted by Gasteiger charge is -2.39. The maximum atomic E-state index is 2.74. The summed E-state index contributed by atoms with van der Waals surface area (Å²) < 4.78 is 0. The Labute approximate surface area is 84.4 Å². The first-order valence-electron chi connectivity index (χ1n) is 4.61. The molecule has 1 unspecified atom stereocenters. The molecule has 1 rings (SSSR count). The number of rotatable bonds is 2. The lowest BCUT2D eigenvalue weighted by atomic mass is 10.0. The summed E-state index contributed by atoms with van der Waals surface area (Å²) in [5, 5.41) is 1.09. The van der Waals surface area contributed by atoms with Gasteiger partial charge in [-0.25, -0.2) is 0 Å². The summed E-state index contributed by atoms with van der Waals surface area (Å²) in [5.74, 6) is 1.41. The van der Waals surface area contributed by atoms with E-state index in [9.17, 15) is 0 Å². The molecule has 0 aromatic heterocycles. The van der Waals surface area contributed by atoms with Crippen LogP contribution in [0.25, 0.3) is 0 Å². The predicted molar refractivity (Wildman–Crippen MR) is 64.9 cm³/mol. The third-order valence-electron chi connectivity index (χ3n) is 2.81. The van der Waals surface area contributed by atoms with Crippen molar-refractivity contribution in [3.8, 4) is 0 Å². The van der Waals surface area contributed by atoms with E-state index in [0.29, 0.717) is 0 Å². The van der Waals surface area contributed by atoms with Crippen molar-refractivity contribution in [3.05, 3.63) is 0 Å². The van der Waals surface area contributed by atoms with Gasteiger partial charge in [0.2, 0.25) is 0 Å². The molecule has 0 N–H and O–H groups in total. The van der Waals surface area contributed by atoms with E-state index in [0.717, 1.165) is 5.25 Å². The molecule has 1 aliphatic rings. The molecule has 0 aromatic carbocycles. The van der Waals surface area contributed by atoms with Crippen LogP contribution in [-0.4, -0.2) is 17.3 Å². The average molecular weight is 286 g/mol. The standard InChI is InChI=1S/C9H19IS/c1-3-11(2,10)9-7-5-4-6-8-9/h9H,3-8H2,1-2H3. The molecule has 0 radical (unpaired) electrons. The smallest absolute Gasteiger partial charge is 0.00315 e. The third kappa shape index (κ3) is 2.79. The topological polar surface area (TPSA) is 0 Å². The zero-order valence-electron chi connectivity index (χ0n) is 7.61. The fourth-order valence-corrected chi connectivity index (χ4v) is 5.11. The first kappa shape index (κ1) is 10.2. The Balaban J connectivity index is 2.43. The Morgan fingerprint density at radius 2 is 1.82 bits per heavy atom.